The fourth-order valence-electron chi connectivity index (χ4n) is 2.81. The number of ether oxygens (including phenoxy) is 2. The number of ketones is 1. The van der Waals surface area contributed by atoms with E-state index in [9.17, 15) is 19.5 Å². The SMILES string of the molecule is CCC(C)C(NC(=O)COc1ccc2c(c1)OC(=Cc1cccs1)C2=O)C(=O)O. The number of carbonyl (C=O) groups is 3. The third kappa shape index (κ3) is 4.83. The lowest BCUT2D eigenvalue weighted by atomic mass is 9.99. The fourth-order valence-corrected chi connectivity index (χ4v) is 3.45. The number of carboxylic acids is 1. The van der Waals surface area contributed by atoms with Crippen molar-refractivity contribution in [2.45, 2.75) is 26.3 Å². The van der Waals surface area contributed by atoms with Crippen LogP contribution in [-0.4, -0.2) is 35.4 Å². The first-order valence-electron chi connectivity index (χ1n) is 9.15. The minimum absolute atomic E-state index is 0.204. The first-order chi connectivity index (χ1) is 13.9. The highest BCUT2D eigenvalue weighted by molar-refractivity contribution is 7.10. The summed E-state index contributed by atoms with van der Waals surface area (Å²) in [5.41, 5.74) is 0.423. The average molecular weight is 415 g/mol. The van der Waals surface area contributed by atoms with E-state index in [1.54, 1.807) is 31.2 Å². The molecule has 7 nitrogen and oxygen atoms in total. The molecule has 0 bridgehead atoms. The molecule has 1 aromatic heterocycles. The molecule has 152 valence electrons. The van der Waals surface area contributed by atoms with Crippen LogP contribution in [0.3, 0.4) is 0 Å². The van der Waals surface area contributed by atoms with Crippen LogP contribution < -0.4 is 14.8 Å². The van der Waals surface area contributed by atoms with Gasteiger partial charge < -0.3 is 19.9 Å². The van der Waals surface area contributed by atoms with E-state index in [4.69, 9.17) is 9.47 Å². The monoisotopic (exact) mass is 415 g/mol. The Balaban J connectivity index is 1.63. The van der Waals surface area contributed by atoms with Gasteiger partial charge in [0.05, 0.1) is 5.56 Å². The third-order valence-corrected chi connectivity index (χ3v) is 5.44. The number of hydrogen-bond donors (Lipinski definition) is 2. The van der Waals surface area contributed by atoms with E-state index in [0.29, 0.717) is 23.5 Å². The van der Waals surface area contributed by atoms with Crippen molar-refractivity contribution in [3.8, 4) is 11.5 Å². The molecule has 1 amide bonds. The molecule has 3 rings (SSSR count). The van der Waals surface area contributed by atoms with Crippen LogP contribution in [0.2, 0.25) is 0 Å². The molecule has 1 aromatic carbocycles. The molecule has 0 saturated carbocycles. The first-order valence-corrected chi connectivity index (χ1v) is 10.0. The Kier molecular flexibility index (Phi) is 6.33. The number of fused-ring (bicyclic) bond motifs is 1. The molecule has 2 heterocycles. The van der Waals surface area contributed by atoms with E-state index >= 15 is 0 Å². The molecule has 2 aromatic rings. The summed E-state index contributed by atoms with van der Waals surface area (Å²) < 4.78 is 11.1. The largest absolute Gasteiger partial charge is 0.484 e. The van der Waals surface area contributed by atoms with E-state index in [0.717, 1.165) is 4.88 Å². The molecule has 1 aliphatic rings. The summed E-state index contributed by atoms with van der Waals surface area (Å²) in [7, 11) is 0. The summed E-state index contributed by atoms with van der Waals surface area (Å²) in [6.07, 6.45) is 2.30. The van der Waals surface area contributed by atoms with Crippen molar-refractivity contribution in [2.75, 3.05) is 6.61 Å². The van der Waals surface area contributed by atoms with Gasteiger partial charge >= 0.3 is 5.97 Å². The number of carbonyl (C=O) groups excluding carboxylic acids is 2. The maximum Gasteiger partial charge on any atom is 0.326 e. The van der Waals surface area contributed by atoms with Gasteiger partial charge in [0.2, 0.25) is 5.78 Å². The number of Topliss-reactive ketones (excluding diaryl/α,β-unsaturated/α-hetero) is 1. The zero-order valence-corrected chi connectivity index (χ0v) is 16.8. The topological polar surface area (TPSA) is 102 Å². The minimum atomic E-state index is -1.08. The Bertz CT molecular complexity index is 950. The van der Waals surface area contributed by atoms with Gasteiger partial charge in [-0.25, -0.2) is 4.79 Å². The predicted octanol–water partition coefficient (Wildman–Crippen LogP) is 3.36. The van der Waals surface area contributed by atoms with Gasteiger partial charge in [-0.05, 0) is 29.5 Å². The Morgan fingerprint density at radius 3 is 2.79 bits per heavy atom. The highest BCUT2D eigenvalue weighted by Crippen LogP contribution is 2.35. The fraction of sp³-hybridized carbons (Fsp3) is 0.286. The molecular weight excluding hydrogens is 394 g/mol. The number of hydrogen-bond acceptors (Lipinski definition) is 6. The number of allylic oxidation sites excluding steroid dienone is 1. The molecule has 29 heavy (non-hydrogen) atoms. The van der Waals surface area contributed by atoms with Gasteiger partial charge in [-0.15, -0.1) is 11.3 Å². The van der Waals surface area contributed by atoms with Crippen molar-refractivity contribution in [1.29, 1.82) is 0 Å². The number of carboxylic acid groups (broad SMARTS) is 1. The summed E-state index contributed by atoms with van der Waals surface area (Å²) in [6.45, 7) is 3.27. The molecule has 0 aliphatic carbocycles. The lowest BCUT2D eigenvalue weighted by molar-refractivity contribution is -0.143. The Morgan fingerprint density at radius 1 is 1.34 bits per heavy atom. The van der Waals surface area contributed by atoms with E-state index in [-0.39, 0.29) is 24.1 Å². The quantitative estimate of drug-likeness (QED) is 0.641. The van der Waals surface area contributed by atoms with Crippen molar-refractivity contribution in [2.24, 2.45) is 5.92 Å². The summed E-state index contributed by atoms with van der Waals surface area (Å²) in [5.74, 6) is -1.09. The zero-order valence-electron chi connectivity index (χ0n) is 16.0. The third-order valence-electron chi connectivity index (χ3n) is 4.62. The second-order valence-electron chi connectivity index (χ2n) is 6.67. The zero-order chi connectivity index (χ0) is 21.0. The van der Waals surface area contributed by atoms with Gasteiger partial charge in [-0.1, -0.05) is 26.3 Å². The molecule has 2 unspecified atom stereocenters. The van der Waals surface area contributed by atoms with Gasteiger partial charge in [0, 0.05) is 17.0 Å². The molecule has 2 atom stereocenters. The second kappa shape index (κ2) is 8.91. The van der Waals surface area contributed by atoms with Gasteiger partial charge in [-0.2, -0.15) is 0 Å². The molecule has 8 heteroatoms. The Morgan fingerprint density at radius 2 is 2.14 bits per heavy atom. The maximum atomic E-state index is 12.4. The van der Waals surface area contributed by atoms with Crippen LogP contribution in [0.25, 0.3) is 6.08 Å². The molecule has 0 fully saturated rings. The van der Waals surface area contributed by atoms with Crippen LogP contribution >= 0.6 is 11.3 Å². The van der Waals surface area contributed by atoms with Crippen LogP contribution in [0.1, 0.15) is 35.5 Å². The molecule has 2 N–H and O–H groups in total. The van der Waals surface area contributed by atoms with Gasteiger partial charge in [-0.3, -0.25) is 9.59 Å². The van der Waals surface area contributed by atoms with Crippen molar-refractivity contribution < 1.29 is 29.0 Å². The second-order valence-corrected chi connectivity index (χ2v) is 7.65. The molecular formula is C21H21NO6S. The van der Waals surface area contributed by atoms with Crippen molar-refractivity contribution >= 4 is 35.1 Å². The lowest BCUT2D eigenvalue weighted by Gasteiger charge is -2.20. The van der Waals surface area contributed by atoms with E-state index in [2.05, 4.69) is 5.32 Å². The smallest absolute Gasteiger partial charge is 0.326 e. The van der Waals surface area contributed by atoms with Crippen LogP contribution in [-0.2, 0) is 9.59 Å². The van der Waals surface area contributed by atoms with E-state index in [1.165, 1.54) is 11.3 Å². The maximum absolute atomic E-state index is 12.4. The number of rotatable bonds is 8. The number of benzene rings is 1. The summed E-state index contributed by atoms with van der Waals surface area (Å²) in [6, 6.07) is 7.50. The molecule has 0 radical (unpaired) electrons. The summed E-state index contributed by atoms with van der Waals surface area (Å²) in [4.78, 5) is 36.7. The number of aliphatic carboxylic acids is 1. The van der Waals surface area contributed by atoms with Crippen LogP contribution in [0.4, 0.5) is 0 Å². The van der Waals surface area contributed by atoms with E-state index < -0.39 is 17.9 Å². The van der Waals surface area contributed by atoms with Gasteiger partial charge in [0.1, 0.15) is 17.5 Å². The molecule has 1 aliphatic heterocycles. The number of amides is 1. The van der Waals surface area contributed by atoms with Crippen LogP contribution in [0.5, 0.6) is 11.5 Å². The van der Waals surface area contributed by atoms with Crippen molar-refractivity contribution in [3.63, 3.8) is 0 Å². The number of thiophene rings is 1. The summed E-state index contributed by atoms with van der Waals surface area (Å²) in [5, 5.41) is 13.6. The molecule has 0 spiro atoms. The minimum Gasteiger partial charge on any atom is -0.484 e. The summed E-state index contributed by atoms with van der Waals surface area (Å²) >= 11 is 1.50. The lowest BCUT2D eigenvalue weighted by Crippen LogP contribution is -2.46. The number of nitrogens with one attached hydrogen (secondary N) is 1. The predicted molar refractivity (Wildman–Crippen MR) is 108 cm³/mol. The highest BCUT2D eigenvalue weighted by Gasteiger charge is 2.28. The van der Waals surface area contributed by atoms with Gasteiger partial charge in [0.15, 0.2) is 12.4 Å². The average Bonchev–Trinajstić information content (AvgIpc) is 3.32. The van der Waals surface area contributed by atoms with Crippen LogP contribution in [0, 0.1) is 5.92 Å². The van der Waals surface area contributed by atoms with E-state index in [1.807, 2.05) is 24.4 Å². The van der Waals surface area contributed by atoms with Crippen molar-refractivity contribution in [1.82, 2.24) is 5.32 Å². The highest BCUT2D eigenvalue weighted by atomic mass is 32.1. The first kappa shape index (κ1) is 20.6. The van der Waals surface area contributed by atoms with Crippen molar-refractivity contribution in [3.05, 3.63) is 51.9 Å². The Hall–Kier alpha value is -3.13. The standard InChI is InChI=1S/C21H21NO6S/c1-3-12(2)19(21(25)26)22-18(23)11-27-13-6-7-15-16(9-13)28-17(20(15)24)10-14-5-4-8-29-14/h4-10,12,19H,3,11H2,1-2H3,(H,22,23)(H,25,26). The van der Waals surface area contributed by atoms with Crippen LogP contribution in [0.15, 0.2) is 41.5 Å². The Labute approximate surface area is 172 Å². The molecule has 0 saturated heterocycles. The van der Waals surface area contributed by atoms with Gasteiger partial charge in [0.25, 0.3) is 5.91 Å². The normalized spacial score (nSPS) is 16.1.